The van der Waals surface area contributed by atoms with E-state index in [1.807, 2.05) is 5.32 Å². The molecule has 0 unspecified atom stereocenters. The van der Waals surface area contributed by atoms with Crippen LogP contribution in [0, 0.1) is 5.92 Å². The number of hydrogen-bond acceptors (Lipinski definition) is 2. The highest BCUT2D eigenvalue weighted by Gasteiger charge is 2.31. The predicted octanol–water partition coefficient (Wildman–Crippen LogP) is 2.88. The van der Waals surface area contributed by atoms with Crippen molar-refractivity contribution in [2.75, 3.05) is 13.1 Å². The standard InChI is InChI=1S/C14H17F3N2O2/c15-14(16,17)9-18-13(21)19(7-10-1-2-10)8-11-3-5-12(20)6-4-11/h3-6,10,20H,1-2,7-9H2,(H,18,21). The lowest BCUT2D eigenvalue weighted by Crippen LogP contribution is -2.44. The van der Waals surface area contributed by atoms with Crippen molar-refractivity contribution in [3.8, 4) is 5.75 Å². The molecule has 1 saturated carbocycles. The Balaban J connectivity index is 1.96. The third-order valence-electron chi connectivity index (χ3n) is 3.21. The summed E-state index contributed by atoms with van der Waals surface area (Å²) in [7, 11) is 0. The van der Waals surface area contributed by atoms with E-state index in [-0.39, 0.29) is 12.3 Å². The van der Waals surface area contributed by atoms with Crippen LogP contribution < -0.4 is 5.32 Å². The lowest BCUT2D eigenvalue weighted by atomic mass is 10.2. The van der Waals surface area contributed by atoms with Gasteiger partial charge in [0.1, 0.15) is 12.3 Å². The molecule has 1 aromatic rings. The van der Waals surface area contributed by atoms with E-state index in [0.717, 1.165) is 18.4 Å². The van der Waals surface area contributed by atoms with Gasteiger partial charge in [0.15, 0.2) is 0 Å². The molecule has 0 aromatic heterocycles. The molecule has 1 aliphatic carbocycles. The van der Waals surface area contributed by atoms with Crippen molar-refractivity contribution in [1.82, 2.24) is 10.2 Å². The Morgan fingerprint density at radius 1 is 1.29 bits per heavy atom. The maximum Gasteiger partial charge on any atom is 0.405 e. The largest absolute Gasteiger partial charge is 0.508 e. The van der Waals surface area contributed by atoms with E-state index in [1.165, 1.54) is 17.0 Å². The van der Waals surface area contributed by atoms with E-state index in [1.54, 1.807) is 12.1 Å². The average Bonchev–Trinajstić information content (AvgIpc) is 3.21. The van der Waals surface area contributed by atoms with Gasteiger partial charge in [-0.3, -0.25) is 0 Å². The van der Waals surface area contributed by atoms with Crippen molar-refractivity contribution in [2.24, 2.45) is 5.92 Å². The molecule has 0 aliphatic heterocycles. The molecule has 0 bridgehead atoms. The Morgan fingerprint density at radius 3 is 2.43 bits per heavy atom. The van der Waals surface area contributed by atoms with Crippen LogP contribution in [0.5, 0.6) is 5.75 Å². The van der Waals surface area contributed by atoms with Crippen LogP contribution in [0.1, 0.15) is 18.4 Å². The number of carbonyl (C=O) groups is 1. The second-order valence-electron chi connectivity index (χ2n) is 5.26. The summed E-state index contributed by atoms with van der Waals surface area (Å²) >= 11 is 0. The zero-order valence-electron chi connectivity index (χ0n) is 11.4. The summed E-state index contributed by atoms with van der Waals surface area (Å²) in [6, 6.07) is 5.54. The van der Waals surface area contributed by atoms with Crippen molar-refractivity contribution in [3.63, 3.8) is 0 Å². The second-order valence-corrected chi connectivity index (χ2v) is 5.26. The fourth-order valence-corrected chi connectivity index (χ4v) is 1.94. The minimum atomic E-state index is -4.42. The molecule has 2 N–H and O–H groups in total. The zero-order chi connectivity index (χ0) is 15.5. The molecule has 2 amide bonds. The fourth-order valence-electron chi connectivity index (χ4n) is 1.94. The van der Waals surface area contributed by atoms with Crippen LogP contribution in [0.2, 0.25) is 0 Å². The minimum Gasteiger partial charge on any atom is -0.508 e. The predicted molar refractivity (Wildman–Crippen MR) is 70.7 cm³/mol. The van der Waals surface area contributed by atoms with Gasteiger partial charge in [0, 0.05) is 13.1 Å². The molecular formula is C14H17F3N2O2. The molecule has 1 fully saturated rings. The fraction of sp³-hybridized carbons (Fsp3) is 0.500. The van der Waals surface area contributed by atoms with Crippen LogP contribution in [-0.2, 0) is 6.54 Å². The zero-order valence-corrected chi connectivity index (χ0v) is 11.4. The number of amides is 2. The number of phenols is 1. The molecule has 116 valence electrons. The molecule has 0 saturated heterocycles. The first kappa shape index (κ1) is 15.5. The number of aromatic hydroxyl groups is 1. The molecule has 7 heteroatoms. The molecule has 0 radical (unpaired) electrons. The molecule has 0 atom stereocenters. The maximum absolute atomic E-state index is 12.2. The van der Waals surface area contributed by atoms with Gasteiger partial charge in [0.2, 0.25) is 0 Å². The van der Waals surface area contributed by atoms with E-state index in [9.17, 15) is 23.1 Å². The third kappa shape index (κ3) is 5.53. The molecule has 2 rings (SSSR count). The van der Waals surface area contributed by atoms with Crippen molar-refractivity contribution >= 4 is 6.03 Å². The molecule has 1 aromatic carbocycles. The SMILES string of the molecule is O=C(NCC(F)(F)F)N(Cc1ccc(O)cc1)CC1CC1. The number of hydrogen-bond donors (Lipinski definition) is 2. The van der Waals surface area contributed by atoms with Gasteiger partial charge in [-0.15, -0.1) is 0 Å². The van der Waals surface area contributed by atoms with Crippen molar-refractivity contribution < 1.29 is 23.1 Å². The Hall–Kier alpha value is -1.92. The molecule has 21 heavy (non-hydrogen) atoms. The lowest BCUT2D eigenvalue weighted by Gasteiger charge is -2.23. The number of rotatable bonds is 5. The number of carbonyl (C=O) groups excluding carboxylic acids is 1. The summed E-state index contributed by atoms with van der Waals surface area (Å²) in [5, 5.41) is 11.1. The van der Waals surface area contributed by atoms with Crippen molar-refractivity contribution in [1.29, 1.82) is 0 Å². The smallest absolute Gasteiger partial charge is 0.405 e. The Kier molecular flexibility index (Phi) is 4.59. The maximum atomic E-state index is 12.2. The van der Waals surface area contributed by atoms with E-state index in [2.05, 4.69) is 0 Å². The topological polar surface area (TPSA) is 52.6 Å². The van der Waals surface area contributed by atoms with Crippen LogP contribution in [0.3, 0.4) is 0 Å². The first-order chi connectivity index (χ1) is 9.83. The third-order valence-corrected chi connectivity index (χ3v) is 3.21. The number of alkyl halides is 3. The minimum absolute atomic E-state index is 0.106. The summed E-state index contributed by atoms with van der Waals surface area (Å²) in [5.41, 5.74) is 0.760. The van der Waals surface area contributed by atoms with Crippen molar-refractivity contribution in [2.45, 2.75) is 25.6 Å². The van der Waals surface area contributed by atoms with Gasteiger partial charge in [-0.2, -0.15) is 13.2 Å². The number of halogens is 3. The average molecular weight is 302 g/mol. The molecule has 0 heterocycles. The van der Waals surface area contributed by atoms with E-state index < -0.39 is 18.8 Å². The molecule has 0 spiro atoms. The van der Waals surface area contributed by atoms with Crippen LogP contribution in [-0.4, -0.2) is 35.3 Å². The van der Waals surface area contributed by atoms with Crippen molar-refractivity contribution in [3.05, 3.63) is 29.8 Å². The summed E-state index contributed by atoms with van der Waals surface area (Å²) in [6.07, 6.45) is -2.42. The van der Waals surface area contributed by atoms with Crippen LogP contribution in [0.25, 0.3) is 0 Å². The monoisotopic (exact) mass is 302 g/mol. The Bertz CT molecular complexity index is 484. The van der Waals surface area contributed by atoms with Crippen LogP contribution in [0.4, 0.5) is 18.0 Å². The highest BCUT2D eigenvalue weighted by Crippen LogP contribution is 2.30. The lowest BCUT2D eigenvalue weighted by molar-refractivity contribution is -0.123. The first-order valence-electron chi connectivity index (χ1n) is 6.71. The normalized spacial score (nSPS) is 14.8. The number of urea groups is 1. The molecular weight excluding hydrogens is 285 g/mol. The molecule has 1 aliphatic rings. The van der Waals surface area contributed by atoms with Gasteiger partial charge in [0.25, 0.3) is 0 Å². The summed E-state index contributed by atoms with van der Waals surface area (Å²) < 4.78 is 36.5. The van der Waals surface area contributed by atoms with Gasteiger partial charge < -0.3 is 15.3 Å². The van der Waals surface area contributed by atoms with E-state index >= 15 is 0 Å². The highest BCUT2D eigenvalue weighted by molar-refractivity contribution is 5.74. The number of phenolic OH excluding ortho intramolecular Hbond substituents is 1. The highest BCUT2D eigenvalue weighted by atomic mass is 19.4. The number of benzene rings is 1. The Labute approximate surface area is 120 Å². The van der Waals surface area contributed by atoms with Gasteiger partial charge in [0.05, 0.1) is 0 Å². The number of nitrogens with one attached hydrogen (secondary N) is 1. The van der Waals surface area contributed by atoms with Gasteiger partial charge >= 0.3 is 12.2 Å². The molecule has 4 nitrogen and oxygen atoms in total. The van der Waals surface area contributed by atoms with E-state index in [4.69, 9.17) is 0 Å². The number of nitrogens with zero attached hydrogens (tertiary/aromatic N) is 1. The Morgan fingerprint density at radius 2 is 1.90 bits per heavy atom. The quantitative estimate of drug-likeness (QED) is 0.878. The first-order valence-corrected chi connectivity index (χ1v) is 6.71. The summed E-state index contributed by atoms with van der Waals surface area (Å²) in [5.74, 6) is 0.479. The van der Waals surface area contributed by atoms with Gasteiger partial charge in [-0.05, 0) is 36.5 Å². The van der Waals surface area contributed by atoms with Crippen LogP contribution >= 0.6 is 0 Å². The summed E-state index contributed by atoms with van der Waals surface area (Å²) in [4.78, 5) is 13.3. The van der Waals surface area contributed by atoms with Crippen LogP contribution in [0.15, 0.2) is 24.3 Å². The van der Waals surface area contributed by atoms with Gasteiger partial charge in [-0.25, -0.2) is 4.79 Å². The van der Waals surface area contributed by atoms with Gasteiger partial charge in [-0.1, -0.05) is 12.1 Å². The second kappa shape index (κ2) is 6.24. The van der Waals surface area contributed by atoms with E-state index in [0.29, 0.717) is 12.5 Å². The summed E-state index contributed by atoms with van der Waals surface area (Å²) in [6.45, 7) is -0.659.